The van der Waals surface area contributed by atoms with Gasteiger partial charge in [0.25, 0.3) is 10.0 Å². The summed E-state index contributed by atoms with van der Waals surface area (Å²) in [6.45, 7) is 6.72. The molecule has 0 radical (unpaired) electrons. The minimum absolute atomic E-state index is 0.0598. The van der Waals surface area contributed by atoms with Crippen molar-refractivity contribution >= 4 is 10.0 Å². The average molecular weight is 458 g/mol. The van der Waals surface area contributed by atoms with Gasteiger partial charge in [-0.25, -0.2) is 8.42 Å². The molecule has 1 N–H and O–H groups in total. The van der Waals surface area contributed by atoms with Crippen molar-refractivity contribution in [3.63, 3.8) is 0 Å². The van der Waals surface area contributed by atoms with E-state index in [1.165, 1.54) is 0 Å². The molecule has 4 rings (SSSR count). The second-order valence-electron chi connectivity index (χ2n) is 9.11. The topological polar surface area (TPSA) is 73.2 Å². The molecule has 33 heavy (non-hydrogen) atoms. The summed E-state index contributed by atoms with van der Waals surface area (Å²) in [7, 11) is -3.79. The van der Waals surface area contributed by atoms with Crippen LogP contribution in [0.2, 0.25) is 0 Å². The zero-order chi connectivity index (χ0) is 23.6. The van der Waals surface area contributed by atoms with Crippen LogP contribution in [0.15, 0.2) is 112 Å². The first-order valence-electron chi connectivity index (χ1n) is 10.9. The molecule has 2 heterocycles. The van der Waals surface area contributed by atoms with Gasteiger partial charge in [-0.15, -0.1) is 0 Å². The number of nitriles is 1. The number of fused-ring (bicyclic) bond motifs is 1. The van der Waals surface area contributed by atoms with Gasteiger partial charge in [-0.3, -0.25) is 4.72 Å². The molecule has 0 saturated heterocycles. The molecule has 168 valence electrons. The number of nitrogens with zero attached hydrogens (tertiary/aromatic N) is 2. The van der Waals surface area contributed by atoms with E-state index in [0.29, 0.717) is 23.6 Å². The van der Waals surface area contributed by atoms with Crippen molar-refractivity contribution in [3.8, 4) is 6.07 Å². The first kappa shape index (κ1) is 22.6. The van der Waals surface area contributed by atoms with E-state index < -0.39 is 10.0 Å². The van der Waals surface area contributed by atoms with Gasteiger partial charge in [0.1, 0.15) is 11.9 Å². The Kier molecular flexibility index (Phi) is 6.01. The van der Waals surface area contributed by atoms with Crippen molar-refractivity contribution in [1.29, 1.82) is 5.26 Å². The Morgan fingerprint density at radius 1 is 1.03 bits per heavy atom. The molecular weight excluding hydrogens is 430 g/mol. The van der Waals surface area contributed by atoms with E-state index in [1.807, 2.05) is 47.4 Å². The number of rotatable bonds is 4. The summed E-state index contributed by atoms with van der Waals surface area (Å²) in [5.74, 6) is 0.419. The van der Waals surface area contributed by atoms with E-state index in [-0.39, 0.29) is 10.3 Å². The minimum atomic E-state index is -3.79. The zero-order valence-corrected chi connectivity index (χ0v) is 19.9. The van der Waals surface area contributed by atoms with E-state index in [4.69, 9.17) is 0 Å². The number of sulfonamides is 1. The summed E-state index contributed by atoms with van der Waals surface area (Å²) in [6, 6.07) is 9.19. The standard InChI is InChI=1S/C27H27N3O2S/c1-27(2,3)23-11-13-24(14-12-23)33(31,32)29-26-15-10-22(19-28)25-18-21(16-17-30(25)26)20-8-6-4-5-7-9-20/h4-6,8-16,18,29H,7,17H2,1-3H3. The Bertz CT molecular complexity index is 1320. The highest BCUT2D eigenvalue weighted by molar-refractivity contribution is 7.89. The highest BCUT2D eigenvalue weighted by Crippen LogP contribution is 2.32. The molecule has 1 aromatic carbocycles. The van der Waals surface area contributed by atoms with E-state index in [2.05, 4.69) is 43.7 Å². The van der Waals surface area contributed by atoms with Crippen LogP contribution in [0, 0.1) is 11.3 Å². The van der Waals surface area contributed by atoms with E-state index in [9.17, 15) is 13.7 Å². The number of hydrogen-bond donors (Lipinski definition) is 1. The first-order chi connectivity index (χ1) is 15.7. The lowest BCUT2D eigenvalue weighted by atomic mass is 9.87. The fourth-order valence-electron chi connectivity index (χ4n) is 3.87. The normalized spacial score (nSPS) is 18.1. The molecule has 0 fully saturated rings. The summed E-state index contributed by atoms with van der Waals surface area (Å²) in [5, 5.41) is 9.65. The van der Waals surface area contributed by atoms with E-state index in [1.54, 1.807) is 24.3 Å². The summed E-state index contributed by atoms with van der Waals surface area (Å²) < 4.78 is 28.9. The second-order valence-corrected chi connectivity index (χ2v) is 10.8. The van der Waals surface area contributed by atoms with E-state index >= 15 is 0 Å². The lowest BCUT2D eigenvalue weighted by Gasteiger charge is -2.34. The molecule has 0 aromatic heterocycles. The van der Waals surface area contributed by atoms with Gasteiger partial charge in [-0.2, -0.15) is 5.26 Å². The maximum absolute atomic E-state index is 13.1. The summed E-state index contributed by atoms with van der Waals surface area (Å²) in [5.41, 5.74) is 4.29. The Balaban J connectivity index is 1.61. The maximum Gasteiger partial charge on any atom is 0.262 e. The van der Waals surface area contributed by atoms with Gasteiger partial charge >= 0.3 is 0 Å². The molecule has 0 bridgehead atoms. The van der Waals surface area contributed by atoms with Gasteiger partial charge in [-0.1, -0.05) is 69.4 Å². The predicted octanol–water partition coefficient (Wildman–Crippen LogP) is 5.14. The van der Waals surface area contributed by atoms with Crippen LogP contribution in [0.5, 0.6) is 0 Å². The third-order valence-electron chi connectivity index (χ3n) is 5.77. The molecule has 0 spiro atoms. The van der Waals surface area contributed by atoms with Crippen LogP contribution in [0.25, 0.3) is 0 Å². The van der Waals surface area contributed by atoms with Crippen LogP contribution in [0.3, 0.4) is 0 Å². The summed E-state index contributed by atoms with van der Waals surface area (Å²) in [6.07, 6.45) is 18.4. The molecule has 0 atom stereocenters. The maximum atomic E-state index is 13.1. The molecule has 0 saturated carbocycles. The molecule has 1 aliphatic carbocycles. The smallest absolute Gasteiger partial charge is 0.262 e. The fraction of sp³-hybridized carbons (Fsp3) is 0.222. The summed E-state index contributed by atoms with van der Waals surface area (Å²) in [4.78, 5) is 2.02. The van der Waals surface area contributed by atoms with Crippen LogP contribution in [-0.4, -0.2) is 19.9 Å². The summed E-state index contributed by atoms with van der Waals surface area (Å²) >= 11 is 0. The van der Waals surface area contributed by atoms with Gasteiger partial charge in [0, 0.05) is 6.54 Å². The lowest BCUT2D eigenvalue weighted by molar-refractivity contribution is 0.449. The molecule has 0 unspecified atom stereocenters. The Morgan fingerprint density at radius 2 is 1.79 bits per heavy atom. The monoisotopic (exact) mass is 457 g/mol. The number of hydrogen-bond acceptors (Lipinski definition) is 4. The third kappa shape index (κ3) is 4.79. The van der Waals surface area contributed by atoms with Crippen molar-refractivity contribution in [2.24, 2.45) is 0 Å². The quantitative estimate of drug-likeness (QED) is 0.680. The molecule has 6 heteroatoms. The molecule has 0 amide bonds. The minimum Gasteiger partial charge on any atom is -0.322 e. The third-order valence-corrected chi connectivity index (χ3v) is 7.14. The number of allylic oxidation sites excluding steroid dienone is 11. The largest absolute Gasteiger partial charge is 0.322 e. The highest BCUT2D eigenvalue weighted by atomic mass is 32.2. The highest BCUT2D eigenvalue weighted by Gasteiger charge is 2.28. The van der Waals surface area contributed by atoms with Crippen LogP contribution >= 0.6 is 0 Å². The molecule has 2 aliphatic heterocycles. The molecular formula is C27H27N3O2S. The van der Waals surface area contributed by atoms with Gasteiger partial charge in [0.15, 0.2) is 0 Å². The molecule has 5 nitrogen and oxygen atoms in total. The zero-order valence-electron chi connectivity index (χ0n) is 19.0. The molecule has 1 aromatic rings. The van der Waals surface area contributed by atoms with Crippen molar-refractivity contribution in [2.45, 2.75) is 37.5 Å². The second kappa shape index (κ2) is 8.76. The van der Waals surface area contributed by atoms with Gasteiger partial charge < -0.3 is 4.90 Å². The Hall–Kier alpha value is -3.56. The van der Waals surface area contributed by atoms with Crippen molar-refractivity contribution in [3.05, 3.63) is 113 Å². The first-order valence-corrected chi connectivity index (χ1v) is 12.4. The van der Waals surface area contributed by atoms with Crippen LogP contribution in [0.1, 0.15) is 32.8 Å². The number of benzene rings is 1. The molecule has 3 aliphatic rings. The van der Waals surface area contributed by atoms with Gasteiger partial charge in [-0.05, 0) is 58.9 Å². The Morgan fingerprint density at radius 3 is 2.48 bits per heavy atom. The van der Waals surface area contributed by atoms with E-state index in [0.717, 1.165) is 23.1 Å². The SMILES string of the molecule is CC(C)(C)c1ccc(S(=O)(=O)NC2=CC=C(C#N)C3=CC(C4=CCC=CC=C4)=CCN23)cc1. The van der Waals surface area contributed by atoms with Crippen molar-refractivity contribution < 1.29 is 8.42 Å². The van der Waals surface area contributed by atoms with Crippen molar-refractivity contribution in [1.82, 2.24) is 9.62 Å². The Labute approximate surface area is 196 Å². The van der Waals surface area contributed by atoms with Gasteiger partial charge in [0.05, 0.1) is 16.2 Å². The number of nitrogens with one attached hydrogen (secondary N) is 1. The van der Waals surface area contributed by atoms with Crippen LogP contribution < -0.4 is 4.72 Å². The lowest BCUT2D eigenvalue weighted by Crippen LogP contribution is -2.38. The predicted molar refractivity (Wildman–Crippen MR) is 131 cm³/mol. The average Bonchev–Trinajstić information content (AvgIpc) is 3.08. The van der Waals surface area contributed by atoms with Gasteiger partial charge in [0.2, 0.25) is 0 Å². The van der Waals surface area contributed by atoms with Crippen molar-refractivity contribution in [2.75, 3.05) is 6.54 Å². The van der Waals surface area contributed by atoms with Crippen LogP contribution in [-0.2, 0) is 15.4 Å². The fourth-order valence-corrected chi connectivity index (χ4v) is 4.94. The van der Waals surface area contributed by atoms with Crippen LogP contribution in [0.4, 0.5) is 0 Å².